The standard InChI is InChI=1S/C19H17N3O3S3/c1-21(9-12-5-3-7-25-12)15(23)11-28-19-20-17-16(18(24)22(19)2)13(10-27-17)14-6-4-8-26-14/h3-8,10H,9,11H2,1-2H3. The Morgan fingerprint density at radius 3 is 2.89 bits per heavy atom. The van der Waals surface area contributed by atoms with E-state index >= 15 is 0 Å². The van der Waals surface area contributed by atoms with Crippen LogP contribution < -0.4 is 5.56 Å². The summed E-state index contributed by atoms with van der Waals surface area (Å²) in [5.41, 5.74) is 0.836. The Morgan fingerprint density at radius 1 is 1.32 bits per heavy atom. The number of furan rings is 1. The van der Waals surface area contributed by atoms with Gasteiger partial charge in [0.05, 0.1) is 23.9 Å². The first-order chi connectivity index (χ1) is 13.5. The van der Waals surface area contributed by atoms with Gasteiger partial charge in [-0.25, -0.2) is 4.98 Å². The van der Waals surface area contributed by atoms with Crippen molar-refractivity contribution in [1.82, 2.24) is 14.5 Å². The fraction of sp³-hybridized carbons (Fsp3) is 0.211. The molecule has 28 heavy (non-hydrogen) atoms. The van der Waals surface area contributed by atoms with Crippen molar-refractivity contribution < 1.29 is 9.21 Å². The van der Waals surface area contributed by atoms with Crippen molar-refractivity contribution in [3.8, 4) is 10.4 Å². The molecule has 0 aliphatic rings. The van der Waals surface area contributed by atoms with Crippen LogP contribution >= 0.6 is 34.4 Å². The van der Waals surface area contributed by atoms with E-state index in [0.717, 1.165) is 16.2 Å². The summed E-state index contributed by atoms with van der Waals surface area (Å²) in [4.78, 5) is 33.3. The molecular weight excluding hydrogens is 414 g/mol. The van der Waals surface area contributed by atoms with E-state index in [2.05, 4.69) is 4.98 Å². The smallest absolute Gasteiger partial charge is 0.263 e. The van der Waals surface area contributed by atoms with Gasteiger partial charge in [0.15, 0.2) is 5.16 Å². The summed E-state index contributed by atoms with van der Waals surface area (Å²) in [5, 5.41) is 5.14. The predicted molar refractivity (Wildman–Crippen MR) is 114 cm³/mol. The van der Waals surface area contributed by atoms with Gasteiger partial charge in [-0.2, -0.15) is 0 Å². The third-order valence-electron chi connectivity index (χ3n) is 4.28. The molecule has 0 bridgehead atoms. The van der Waals surface area contributed by atoms with E-state index in [9.17, 15) is 9.59 Å². The number of fused-ring (bicyclic) bond motifs is 1. The van der Waals surface area contributed by atoms with Crippen molar-refractivity contribution in [2.45, 2.75) is 11.7 Å². The lowest BCUT2D eigenvalue weighted by atomic mass is 10.2. The van der Waals surface area contributed by atoms with Gasteiger partial charge in [0.1, 0.15) is 10.6 Å². The van der Waals surface area contributed by atoms with Gasteiger partial charge in [-0.05, 0) is 23.6 Å². The Labute approximate surface area is 173 Å². The molecule has 144 valence electrons. The molecule has 4 rings (SSSR count). The lowest BCUT2D eigenvalue weighted by molar-refractivity contribution is -0.127. The number of aromatic nitrogens is 2. The van der Waals surface area contributed by atoms with Crippen LogP contribution in [0, 0.1) is 0 Å². The van der Waals surface area contributed by atoms with Crippen molar-refractivity contribution in [3.63, 3.8) is 0 Å². The Morgan fingerprint density at radius 2 is 2.18 bits per heavy atom. The van der Waals surface area contributed by atoms with Crippen LogP contribution in [0.4, 0.5) is 0 Å². The van der Waals surface area contributed by atoms with Gasteiger partial charge in [0.25, 0.3) is 5.56 Å². The van der Waals surface area contributed by atoms with Gasteiger partial charge >= 0.3 is 0 Å². The molecule has 1 amide bonds. The molecule has 6 nitrogen and oxygen atoms in total. The van der Waals surface area contributed by atoms with Gasteiger partial charge in [0, 0.05) is 29.9 Å². The predicted octanol–water partition coefficient (Wildman–Crippen LogP) is 4.07. The maximum atomic E-state index is 12.9. The average Bonchev–Trinajstić information content (AvgIpc) is 3.44. The van der Waals surface area contributed by atoms with Gasteiger partial charge in [-0.3, -0.25) is 14.2 Å². The average molecular weight is 432 g/mol. The monoisotopic (exact) mass is 431 g/mol. The number of amides is 1. The largest absolute Gasteiger partial charge is 0.467 e. The summed E-state index contributed by atoms with van der Waals surface area (Å²) < 4.78 is 6.80. The minimum Gasteiger partial charge on any atom is -0.467 e. The Bertz CT molecular complexity index is 1160. The first-order valence-corrected chi connectivity index (χ1v) is 11.2. The van der Waals surface area contributed by atoms with Crippen LogP contribution in [0.3, 0.4) is 0 Å². The van der Waals surface area contributed by atoms with E-state index in [1.807, 2.05) is 29.0 Å². The number of thioether (sulfide) groups is 1. The topological polar surface area (TPSA) is 68.3 Å². The number of hydrogen-bond donors (Lipinski definition) is 0. The summed E-state index contributed by atoms with van der Waals surface area (Å²) in [5.74, 6) is 0.875. The van der Waals surface area contributed by atoms with Gasteiger partial charge < -0.3 is 9.32 Å². The quantitative estimate of drug-likeness (QED) is 0.340. The minimum absolute atomic E-state index is 0.0544. The number of hydrogen-bond acceptors (Lipinski definition) is 7. The second-order valence-electron chi connectivity index (χ2n) is 6.18. The molecule has 4 aromatic rings. The minimum atomic E-state index is -0.0893. The highest BCUT2D eigenvalue weighted by molar-refractivity contribution is 7.99. The Kier molecular flexibility index (Phi) is 5.38. The van der Waals surface area contributed by atoms with Crippen molar-refractivity contribution in [2.75, 3.05) is 12.8 Å². The Hall–Kier alpha value is -2.36. The number of thiophene rings is 2. The van der Waals surface area contributed by atoms with E-state index in [-0.39, 0.29) is 17.2 Å². The molecule has 0 saturated heterocycles. The third-order valence-corrected chi connectivity index (χ3v) is 7.07. The summed E-state index contributed by atoms with van der Waals surface area (Å²) in [6, 6.07) is 7.60. The molecule has 0 unspecified atom stereocenters. The Balaban J connectivity index is 1.54. The molecule has 0 radical (unpaired) electrons. The van der Waals surface area contributed by atoms with Crippen LogP contribution in [0.1, 0.15) is 5.76 Å². The van der Waals surface area contributed by atoms with Gasteiger partial charge in [-0.1, -0.05) is 17.8 Å². The van der Waals surface area contributed by atoms with E-state index < -0.39 is 0 Å². The zero-order valence-electron chi connectivity index (χ0n) is 15.2. The number of nitrogens with zero attached hydrogens (tertiary/aromatic N) is 3. The van der Waals surface area contributed by atoms with Crippen LogP contribution in [0.25, 0.3) is 20.7 Å². The van der Waals surface area contributed by atoms with Gasteiger partial charge in [-0.15, -0.1) is 22.7 Å². The summed E-state index contributed by atoms with van der Waals surface area (Å²) in [6.45, 7) is 0.410. The van der Waals surface area contributed by atoms with Crippen molar-refractivity contribution in [1.29, 1.82) is 0 Å². The normalized spacial score (nSPS) is 11.2. The molecule has 0 atom stereocenters. The molecule has 0 aromatic carbocycles. The fourth-order valence-corrected chi connectivity index (χ4v) is 5.47. The second kappa shape index (κ2) is 7.94. The summed E-state index contributed by atoms with van der Waals surface area (Å²) in [7, 11) is 3.43. The second-order valence-corrected chi connectivity index (χ2v) is 8.93. The first-order valence-electron chi connectivity index (χ1n) is 8.46. The van der Waals surface area contributed by atoms with Crippen LogP contribution in [0.2, 0.25) is 0 Å². The zero-order chi connectivity index (χ0) is 19.7. The lowest BCUT2D eigenvalue weighted by Gasteiger charge is -2.15. The van der Waals surface area contributed by atoms with Crippen molar-refractivity contribution >= 4 is 50.6 Å². The number of rotatable bonds is 6. The van der Waals surface area contributed by atoms with E-state index in [1.165, 1.54) is 27.7 Å². The van der Waals surface area contributed by atoms with E-state index in [0.29, 0.717) is 21.9 Å². The molecule has 0 fully saturated rings. The SMILES string of the molecule is CN(Cc1ccco1)C(=O)CSc1nc2scc(-c3cccs3)c2c(=O)n1C. The van der Waals surface area contributed by atoms with Crippen molar-refractivity contribution in [2.24, 2.45) is 7.05 Å². The molecule has 0 spiro atoms. The lowest BCUT2D eigenvalue weighted by Crippen LogP contribution is -2.28. The fourth-order valence-electron chi connectivity index (χ4n) is 2.76. The molecule has 4 aromatic heterocycles. The summed E-state index contributed by atoms with van der Waals surface area (Å²) in [6.07, 6.45) is 1.59. The molecule has 0 saturated carbocycles. The molecular formula is C19H17N3O3S3. The molecule has 0 aliphatic carbocycles. The van der Waals surface area contributed by atoms with Crippen molar-refractivity contribution in [3.05, 3.63) is 57.4 Å². The van der Waals surface area contributed by atoms with Crippen LogP contribution in [0.5, 0.6) is 0 Å². The number of carbonyl (C=O) groups excluding carboxylic acids is 1. The van der Waals surface area contributed by atoms with E-state index in [4.69, 9.17) is 4.42 Å². The van der Waals surface area contributed by atoms with Crippen LogP contribution in [-0.4, -0.2) is 33.2 Å². The zero-order valence-corrected chi connectivity index (χ0v) is 17.7. The highest BCUT2D eigenvalue weighted by Gasteiger charge is 2.18. The number of carbonyl (C=O) groups is 1. The molecule has 4 heterocycles. The van der Waals surface area contributed by atoms with E-state index in [1.54, 1.807) is 42.7 Å². The molecule has 9 heteroatoms. The van der Waals surface area contributed by atoms with Gasteiger partial charge in [0.2, 0.25) is 5.91 Å². The van der Waals surface area contributed by atoms with Crippen LogP contribution in [0.15, 0.2) is 55.7 Å². The summed E-state index contributed by atoms with van der Waals surface area (Å²) >= 11 is 4.33. The molecule has 0 aliphatic heterocycles. The molecule has 0 N–H and O–H groups in total. The first kappa shape index (κ1) is 19.0. The maximum Gasteiger partial charge on any atom is 0.263 e. The van der Waals surface area contributed by atoms with Crippen LogP contribution in [-0.2, 0) is 18.4 Å². The highest BCUT2D eigenvalue weighted by Crippen LogP contribution is 2.34. The third kappa shape index (κ3) is 3.65. The maximum absolute atomic E-state index is 12.9. The highest BCUT2D eigenvalue weighted by atomic mass is 32.2.